The molecule has 0 amide bonds. The molecule has 4 rings (SSSR count). The molecule has 0 bridgehead atoms. The number of hydrogen-bond acceptors (Lipinski definition) is 11. The number of carbonyl (C=O) groups excluding carboxylic acids is 4. The summed E-state index contributed by atoms with van der Waals surface area (Å²) in [6, 6.07) is 0. The zero-order valence-corrected chi connectivity index (χ0v) is 20.5. The topological polar surface area (TPSA) is 177 Å². The average molecular weight is 521 g/mol. The van der Waals surface area contributed by atoms with Crippen LogP contribution in [0.2, 0.25) is 0 Å². The van der Waals surface area contributed by atoms with Crippen LogP contribution in [0.5, 0.6) is 0 Å². The van der Waals surface area contributed by atoms with Crippen LogP contribution in [0, 0.1) is 11.8 Å². The fourth-order valence-electron chi connectivity index (χ4n) is 5.59. The van der Waals surface area contributed by atoms with Gasteiger partial charge in [-0.15, -0.1) is 0 Å². The molecule has 0 aromatic rings. The van der Waals surface area contributed by atoms with Gasteiger partial charge >= 0.3 is 23.9 Å². The third-order valence-corrected chi connectivity index (χ3v) is 7.50. The molecule has 3 heterocycles. The van der Waals surface area contributed by atoms with Gasteiger partial charge in [-0.1, -0.05) is 38.7 Å². The van der Waals surface area contributed by atoms with Crippen molar-refractivity contribution >= 4 is 23.9 Å². The van der Waals surface area contributed by atoms with Crippen LogP contribution in [-0.2, 0) is 33.4 Å². The van der Waals surface area contributed by atoms with Gasteiger partial charge in [-0.05, 0) is 25.2 Å². The summed E-state index contributed by atoms with van der Waals surface area (Å²) in [7, 11) is 0. The SMILES string of the molecule is CCCCCC[C@@H](O)[C@@H]1C2=C(C[C@H]([C@H](O)[C@@H]3CC=CC(=O)O3)CC3=C(C(=O)OC3=O)[C@@H]1O)[C@H](O)OC2=O. The molecule has 202 valence electrons. The minimum Gasteiger partial charge on any atom is -0.456 e. The van der Waals surface area contributed by atoms with Crippen LogP contribution in [0.4, 0.5) is 0 Å². The molecule has 37 heavy (non-hydrogen) atoms. The first-order valence-electron chi connectivity index (χ1n) is 12.7. The highest BCUT2D eigenvalue weighted by atomic mass is 16.6. The highest BCUT2D eigenvalue weighted by Crippen LogP contribution is 2.44. The Morgan fingerprint density at radius 3 is 2.41 bits per heavy atom. The summed E-state index contributed by atoms with van der Waals surface area (Å²) in [5.74, 6) is -6.05. The molecule has 0 radical (unpaired) electrons. The van der Waals surface area contributed by atoms with Crippen molar-refractivity contribution in [2.24, 2.45) is 11.8 Å². The summed E-state index contributed by atoms with van der Waals surface area (Å²) >= 11 is 0. The Morgan fingerprint density at radius 2 is 1.70 bits per heavy atom. The van der Waals surface area contributed by atoms with Gasteiger partial charge in [0.1, 0.15) is 6.10 Å². The molecule has 0 unspecified atom stereocenters. The van der Waals surface area contributed by atoms with E-state index in [2.05, 4.69) is 0 Å². The molecular weight excluding hydrogens is 488 g/mol. The lowest BCUT2D eigenvalue weighted by Gasteiger charge is -2.31. The Balaban J connectivity index is 1.77. The van der Waals surface area contributed by atoms with Gasteiger partial charge in [-0.25, -0.2) is 19.2 Å². The van der Waals surface area contributed by atoms with Crippen LogP contribution in [0.25, 0.3) is 0 Å². The molecule has 7 atom stereocenters. The number of unbranched alkanes of at least 4 members (excludes halogenated alkanes) is 3. The number of ether oxygens (including phenoxy) is 3. The van der Waals surface area contributed by atoms with Crippen LogP contribution in [0.15, 0.2) is 34.4 Å². The van der Waals surface area contributed by atoms with Crippen molar-refractivity contribution < 1.29 is 53.8 Å². The maximum absolute atomic E-state index is 12.9. The van der Waals surface area contributed by atoms with Crippen molar-refractivity contribution in [1.82, 2.24) is 0 Å². The van der Waals surface area contributed by atoms with Gasteiger partial charge in [0.25, 0.3) is 0 Å². The van der Waals surface area contributed by atoms with Gasteiger partial charge in [0.2, 0.25) is 6.29 Å². The third kappa shape index (κ3) is 5.40. The monoisotopic (exact) mass is 520 g/mol. The molecule has 11 nitrogen and oxygen atoms in total. The first-order valence-corrected chi connectivity index (χ1v) is 12.7. The maximum atomic E-state index is 12.9. The predicted molar refractivity (Wildman–Crippen MR) is 124 cm³/mol. The molecule has 0 aromatic heterocycles. The number of hydrogen-bond donors (Lipinski definition) is 4. The van der Waals surface area contributed by atoms with Crippen molar-refractivity contribution in [2.75, 3.05) is 0 Å². The standard InChI is InChI=1S/C26H32O11/c1-2-3-4-5-7-15(27)20-18-13(23(31)36-25(18)33)10-12(21(29)16-8-6-9-17(28)35-16)11-14-19(22(20)30)26(34)37-24(14)32/h6,9,12,15-16,20-23,27,29-31H,2-5,7-8,10-11H2,1H3/t12-,15+,16-,20+,21-,22-,23+/m0/s1. The minimum absolute atomic E-state index is 0.0328. The predicted octanol–water partition coefficient (Wildman–Crippen LogP) is 0.489. The highest BCUT2D eigenvalue weighted by Gasteiger charge is 2.51. The lowest BCUT2D eigenvalue weighted by atomic mass is 9.80. The number of esters is 4. The fraction of sp³-hybridized carbons (Fsp3) is 0.615. The molecule has 1 aliphatic carbocycles. The first-order chi connectivity index (χ1) is 17.6. The van der Waals surface area contributed by atoms with Gasteiger partial charge in [0.05, 0.1) is 35.0 Å². The largest absolute Gasteiger partial charge is 0.456 e. The second-order valence-corrected chi connectivity index (χ2v) is 9.93. The molecule has 11 heteroatoms. The number of aliphatic hydroxyl groups is 4. The Hall–Kier alpha value is -2.86. The number of carbonyl (C=O) groups is 4. The second kappa shape index (κ2) is 11.3. The summed E-state index contributed by atoms with van der Waals surface area (Å²) in [6.07, 6.45) is -1.25. The molecule has 0 fully saturated rings. The summed E-state index contributed by atoms with van der Waals surface area (Å²) in [6.45, 7) is 2.03. The van der Waals surface area contributed by atoms with Crippen LogP contribution < -0.4 is 0 Å². The Kier molecular flexibility index (Phi) is 8.27. The smallest absolute Gasteiger partial charge is 0.345 e. The lowest BCUT2D eigenvalue weighted by Crippen LogP contribution is -2.39. The molecule has 0 spiro atoms. The third-order valence-electron chi connectivity index (χ3n) is 7.50. The summed E-state index contributed by atoms with van der Waals surface area (Å²) in [5.41, 5.74) is -0.748. The fourth-order valence-corrected chi connectivity index (χ4v) is 5.59. The van der Waals surface area contributed by atoms with Crippen LogP contribution in [0.3, 0.4) is 0 Å². The molecule has 3 aliphatic heterocycles. The van der Waals surface area contributed by atoms with Crippen molar-refractivity contribution in [2.45, 2.75) is 89.0 Å². The van der Waals surface area contributed by atoms with Crippen molar-refractivity contribution in [3.05, 3.63) is 34.4 Å². The normalized spacial score (nSPS) is 31.6. The minimum atomic E-state index is -1.80. The van der Waals surface area contributed by atoms with Crippen LogP contribution in [-0.4, -0.2) is 75.0 Å². The van der Waals surface area contributed by atoms with E-state index >= 15 is 0 Å². The van der Waals surface area contributed by atoms with E-state index in [0.717, 1.165) is 19.3 Å². The lowest BCUT2D eigenvalue weighted by molar-refractivity contribution is -0.155. The van der Waals surface area contributed by atoms with E-state index in [0.29, 0.717) is 6.42 Å². The first kappa shape index (κ1) is 27.2. The zero-order valence-electron chi connectivity index (χ0n) is 20.5. The van der Waals surface area contributed by atoms with E-state index in [9.17, 15) is 39.6 Å². The van der Waals surface area contributed by atoms with Crippen molar-refractivity contribution in [3.63, 3.8) is 0 Å². The van der Waals surface area contributed by atoms with Crippen molar-refractivity contribution in [3.8, 4) is 0 Å². The molecule has 4 aliphatic rings. The summed E-state index contributed by atoms with van der Waals surface area (Å²) < 4.78 is 15.0. The van der Waals surface area contributed by atoms with E-state index in [4.69, 9.17) is 14.2 Å². The van der Waals surface area contributed by atoms with Crippen molar-refractivity contribution in [1.29, 1.82) is 0 Å². The van der Waals surface area contributed by atoms with Gasteiger partial charge in [-0.2, -0.15) is 0 Å². The average Bonchev–Trinajstić information content (AvgIpc) is 3.30. The molecule has 0 aromatic carbocycles. The zero-order chi connectivity index (χ0) is 26.9. The van der Waals surface area contributed by atoms with Crippen LogP contribution in [0.1, 0.15) is 58.3 Å². The number of rotatable bonds is 8. The van der Waals surface area contributed by atoms with E-state index < -0.39 is 72.0 Å². The van der Waals surface area contributed by atoms with Crippen LogP contribution >= 0.6 is 0 Å². The van der Waals surface area contributed by atoms with E-state index in [1.807, 2.05) is 6.92 Å². The van der Waals surface area contributed by atoms with E-state index in [-0.39, 0.29) is 42.4 Å². The summed E-state index contributed by atoms with van der Waals surface area (Å²) in [4.78, 5) is 49.9. The number of aliphatic hydroxyl groups excluding tert-OH is 4. The van der Waals surface area contributed by atoms with E-state index in [1.54, 1.807) is 0 Å². The van der Waals surface area contributed by atoms with Gasteiger partial charge in [0.15, 0.2) is 0 Å². The molecule has 0 saturated heterocycles. The number of cyclic esters (lactones) is 4. The molecular formula is C26H32O11. The Bertz CT molecular complexity index is 1050. The quantitative estimate of drug-likeness (QED) is 0.152. The molecule has 4 N–H and O–H groups in total. The van der Waals surface area contributed by atoms with Gasteiger partial charge in [-0.3, -0.25) is 0 Å². The van der Waals surface area contributed by atoms with E-state index in [1.165, 1.54) is 12.2 Å². The Labute approximate surface area is 213 Å². The summed E-state index contributed by atoms with van der Waals surface area (Å²) in [5, 5.41) is 44.2. The maximum Gasteiger partial charge on any atom is 0.345 e. The van der Waals surface area contributed by atoms with Gasteiger partial charge in [0, 0.05) is 24.0 Å². The highest BCUT2D eigenvalue weighted by molar-refractivity contribution is 6.13. The van der Waals surface area contributed by atoms with Gasteiger partial charge < -0.3 is 34.6 Å². The molecule has 0 saturated carbocycles. The second-order valence-electron chi connectivity index (χ2n) is 9.93. The Morgan fingerprint density at radius 1 is 0.946 bits per heavy atom.